The number of aromatic nitrogens is 2. The van der Waals surface area contributed by atoms with Crippen LogP contribution in [0, 0.1) is 0 Å². The van der Waals surface area contributed by atoms with Crippen LogP contribution in [-0.2, 0) is 6.42 Å². The summed E-state index contributed by atoms with van der Waals surface area (Å²) in [6.45, 7) is 11.2. The molecule has 150 valence electrons. The van der Waals surface area contributed by atoms with E-state index in [4.69, 9.17) is 9.97 Å². The summed E-state index contributed by atoms with van der Waals surface area (Å²) in [4.78, 5) is 17.0. The molecular formula is C22H37N5. The fraction of sp³-hybridized carbons (Fsp3) is 0.727. The van der Waals surface area contributed by atoms with E-state index in [1.54, 1.807) is 0 Å². The van der Waals surface area contributed by atoms with Crippen molar-refractivity contribution in [2.45, 2.75) is 71.0 Å². The Morgan fingerprint density at radius 1 is 1.15 bits per heavy atom. The summed E-state index contributed by atoms with van der Waals surface area (Å²) in [6, 6.07) is 1.81. The average Bonchev–Trinajstić information content (AvgIpc) is 2.91. The minimum absolute atomic E-state index is 0.586. The van der Waals surface area contributed by atoms with Crippen LogP contribution in [0.2, 0.25) is 0 Å². The van der Waals surface area contributed by atoms with Crippen molar-refractivity contribution in [1.29, 1.82) is 0 Å². The highest BCUT2D eigenvalue weighted by atomic mass is 15.4. The molecule has 2 atom stereocenters. The van der Waals surface area contributed by atoms with Crippen molar-refractivity contribution in [2.24, 2.45) is 0 Å². The molecule has 27 heavy (non-hydrogen) atoms. The molecule has 2 aliphatic rings. The number of hydrogen-bond acceptors (Lipinski definition) is 5. The second kappa shape index (κ2) is 9.65. The topological polar surface area (TPSA) is 35.5 Å². The Labute approximate surface area is 165 Å². The number of aryl methyl sites for hydroxylation is 1. The molecular weight excluding hydrogens is 334 g/mol. The lowest BCUT2D eigenvalue weighted by atomic mass is 10.1. The van der Waals surface area contributed by atoms with Crippen LogP contribution in [0.25, 0.3) is 0 Å². The van der Waals surface area contributed by atoms with Crippen LogP contribution in [0.4, 0.5) is 5.95 Å². The molecule has 0 amide bonds. The number of hydrogen-bond donors (Lipinski definition) is 0. The van der Waals surface area contributed by atoms with E-state index >= 15 is 0 Å². The number of likely N-dealkylation sites (tertiary alicyclic amines) is 1. The van der Waals surface area contributed by atoms with Crippen molar-refractivity contribution >= 4 is 5.95 Å². The first-order valence-corrected chi connectivity index (χ1v) is 10.7. The van der Waals surface area contributed by atoms with E-state index in [0.717, 1.165) is 51.4 Å². The van der Waals surface area contributed by atoms with Gasteiger partial charge in [0, 0.05) is 50.2 Å². The smallest absolute Gasteiger partial charge is 0.225 e. The van der Waals surface area contributed by atoms with Crippen molar-refractivity contribution in [3.63, 3.8) is 0 Å². The highest BCUT2D eigenvalue weighted by Crippen LogP contribution is 2.33. The third-order valence-corrected chi connectivity index (χ3v) is 6.08. The lowest BCUT2D eigenvalue weighted by Gasteiger charge is -2.42. The largest absolute Gasteiger partial charge is 0.332 e. The molecule has 2 fully saturated rings. The van der Waals surface area contributed by atoms with E-state index in [1.165, 1.54) is 18.4 Å². The molecule has 1 aromatic heterocycles. The molecule has 0 spiro atoms. The summed E-state index contributed by atoms with van der Waals surface area (Å²) in [5, 5.41) is 0. The van der Waals surface area contributed by atoms with Gasteiger partial charge in [-0.15, -0.1) is 0 Å². The predicted octanol–water partition coefficient (Wildman–Crippen LogP) is 3.37. The van der Waals surface area contributed by atoms with Crippen LogP contribution in [0.1, 0.15) is 52.0 Å². The van der Waals surface area contributed by atoms with Crippen molar-refractivity contribution in [1.82, 2.24) is 19.8 Å². The molecule has 0 saturated carbocycles. The summed E-state index contributed by atoms with van der Waals surface area (Å²) in [5.41, 5.74) is 1.26. The van der Waals surface area contributed by atoms with E-state index in [9.17, 15) is 0 Å². The van der Waals surface area contributed by atoms with E-state index in [1.807, 2.05) is 0 Å². The summed E-state index contributed by atoms with van der Waals surface area (Å²) in [6.07, 6.45) is 14.4. The van der Waals surface area contributed by atoms with E-state index < -0.39 is 0 Å². The maximum atomic E-state index is 4.75. The minimum Gasteiger partial charge on any atom is -0.332 e. The maximum absolute atomic E-state index is 4.75. The molecule has 2 unspecified atom stereocenters. The summed E-state index contributed by atoms with van der Waals surface area (Å²) in [7, 11) is 2.20. The first kappa shape index (κ1) is 20.3. The molecule has 2 saturated heterocycles. The van der Waals surface area contributed by atoms with Crippen LogP contribution in [0.3, 0.4) is 0 Å². The van der Waals surface area contributed by atoms with Crippen molar-refractivity contribution in [3.05, 3.63) is 30.1 Å². The first-order chi connectivity index (χ1) is 13.1. The van der Waals surface area contributed by atoms with Crippen LogP contribution in [0.15, 0.2) is 24.5 Å². The van der Waals surface area contributed by atoms with Gasteiger partial charge in [-0.1, -0.05) is 12.2 Å². The number of rotatable bonds is 9. The molecule has 1 aromatic rings. The molecule has 3 rings (SSSR count). The quantitative estimate of drug-likeness (QED) is 0.622. The third kappa shape index (κ3) is 5.29. The fourth-order valence-electron chi connectivity index (χ4n) is 4.42. The Bertz CT molecular complexity index is 583. The van der Waals surface area contributed by atoms with Gasteiger partial charge in [-0.25, -0.2) is 9.97 Å². The zero-order chi connectivity index (χ0) is 19.2. The minimum atomic E-state index is 0.586. The number of allylic oxidation sites excluding steroid dienone is 1. The monoisotopic (exact) mass is 371 g/mol. The second-order valence-corrected chi connectivity index (χ2v) is 8.50. The number of nitrogens with zero attached hydrogens (tertiary/aromatic N) is 5. The third-order valence-electron chi connectivity index (χ3n) is 6.08. The van der Waals surface area contributed by atoms with Crippen LogP contribution >= 0.6 is 0 Å². The molecule has 5 nitrogen and oxygen atoms in total. The molecule has 0 aliphatic carbocycles. The lowest BCUT2D eigenvalue weighted by Crippen LogP contribution is -2.56. The molecule has 2 bridgehead atoms. The van der Waals surface area contributed by atoms with Gasteiger partial charge in [0.15, 0.2) is 0 Å². The highest BCUT2D eigenvalue weighted by Gasteiger charge is 2.41. The standard InChI is InChI=1S/C22H37N5/c1-5-6-7-12-25(4)13-8-9-19-14-23-22(24-15-19)27-20-10-11-21(27)17-26(16-20)18(2)3/h5-6,14-15,18,20-21H,7-13,16-17H2,1-4H3/b6-5+. The SMILES string of the molecule is C/C=C/CCN(C)CCCc1cnc(N2C3CCC2CN(C(C)C)C3)nc1. The fourth-order valence-corrected chi connectivity index (χ4v) is 4.42. The normalized spacial score (nSPS) is 23.3. The lowest BCUT2D eigenvalue weighted by molar-refractivity contribution is 0.176. The predicted molar refractivity (Wildman–Crippen MR) is 113 cm³/mol. The highest BCUT2D eigenvalue weighted by molar-refractivity contribution is 5.37. The summed E-state index contributed by atoms with van der Waals surface area (Å²) in [5.74, 6) is 0.943. The summed E-state index contributed by atoms with van der Waals surface area (Å²) >= 11 is 0. The van der Waals surface area contributed by atoms with E-state index in [2.05, 4.69) is 67.1 Å². The average molecular weight is 372 g/mol. The zero-order valence-corrected chi connectivity index (χ0v) is 17.6. The van der Waals surface area contributed by atoms with Gasteiger partial charge in [-0.2, -0.15) is 0 Å². The molecule has 5 heteroatoms. The van der Waals surface area contributed by atoms with Crippen LogP contribution < -0.4 is 4.90 Å². The number of piperazine rings is 1. The maximum Gasteiger partial charge on any atom is 0.225 e. The molecule has 3 heterocycles. The van der Waals surface area contributed by atoms with Gasteiger partial charge in [-0.05, 0) is 72.0 Å². The van der Waals surface area contributed by atoms with Gasteiger partial charge in [0.1, 0.15) is 0 Å². The Morgan fingerprint density at radius 3 is 2.41 bits per heavy atom. The van der Waals surface area contributed by atoms with E-state index in [-0.39, 0.29) is 0 Å². The van der Waals surface area contributed by atoms with Gasteiger partial charge in [0.25, 0.3) is 0 Å². The van der Waals surface area contributed by atoms with E-state index in [0.29, 0.717) is 18.1 Å². The van der Waals surface area contributed by atoms with Crippen LogP contribution in [-0.4, -0.2) is 71.1 Å². The van der Waals surface area contributed by atoms with Gasteiger partial charge in [-0.3, -0.25) is 4.90 Å². The molecule has 0 radical (unpaired) electrons. The Morgan fingerprint density at radius 2 is 1.81 bits per heavy atom. The van der Waals surface area contributed by atoms with Crippen molar-refractivity contribution in [3.8, 4) is 0 Å². The van der Waals surface area contributed by atoms with Crippen LogP contribution in [0.5, 0.6) is 0 Å². The van der Waals surface area contributed by atoms with Gasteiger partial charge in [0.2, 0.25) is 5.95 Å². The van der Waals surface area contributed by atoms with Gasteiger partial charge >= 0.3 is 0 Å². The Hall–Kier alpha value is -1.46. The van der Waals surface area contributed by atoms with Crippen molar-refractivity contribution in [2.75, 3.05) is 38.1 Å². The second-order valence-electron chi connectivity index (χ2n) is 8.50. The number of anilines is 1. The number of fused-ring (bicyclic) bond motifs is 2. The first-order valence-electron chi connectivity index (χ1n) is 10.7. The molecule has 2 aliphatic heterocycles. The summed E-state index contributed by atoms with van der Waals surface area (Å²) < 4.78 is 0. The zero-order valence-electron chi connectivity index (χ0n) is 17.6. The molecule has 0 aromatic carbocycles. The van der Waals surface area contributed by atoms with Gasteiger partial charge < -0.3 is 9.80 Å². The van der Waals surface area contributed by atoms with Gasteiger partial charge in [0.05, 0.1) is 0 Å². The molecule has 0 N–H and O–H groups in total. The Kier molecular flexibility index (Phi) is 7.25. The van der Waals surface area contributed by atoms with Crippen molar-refractivity contribution < 1.29 is 0 Å². The Balaban J connectivity index is 1.48.